The summed E-state index contributed by atoms with van der Waals surface area (Å²) in [5, 5.41) is 36.3. The van der Waals surface area contributed by atoms with Gasteiger partial charge in [-0.05, 0) is 90.5 Å². The van der Waals surface area contributed by atoms with Crippen LogP contribution < -0.4 is 0 Å². The number of hydrogen-bond donors (Lipinski definition) is 0. The quantitative estimate of drug-likeness (QED) is 0.173. The van der Waals surface area contributed by atoms with Crippen LogP contribution in [0.1, 0.15) is 11.1 Å². The first-order valence-corrected chi connectivity index (χ1v) is 25.1. The van der Waals surface area contributed by atoms with Crippen molar-refractivity contribution in [3.05, 3.63) is 218 Å². The summed E-state index contributed by atoms with van der Waals surface area (Å²) in [6.45, 7) is 0. The Morgan fingerprint density at radius 3 is 1.08 bits per heavy atom. The van der Waals surface area contributed by atoms with Crippen LogP contribution in [0.25, 0.3) is 159 Å². The molecule has 0 aliphatic carbocycles. The molecule has 17 rings (SSSR count). The first-order chi connectivity index (χ1) is 37.7. The van der Waals surface area contributed by atoms with Crippen LogP contribution in [-0.4, -0.2) is 18.7 Å². The maximum absolute atomic E-state index is 12.5. The summed E-state index contributed by atoms with van der Waals surface area (Å²) >= 11 is 0. The Balaban J connectivity index is 1.14. The number of benzene rings is 10. The Kier molecular flexibility index (Phi) is 7.96. The maximum atomic E-state index is 12.5. The fraction of sp³-hybridized carbons (Fsp3) is 0. The van der Waals surface area contributed by atoms with E-state index in [4.69, 9.17) is 13.3 Å². The Morgan fingerprint density at radius 1 is 0.316 bits per heavy atom. The summed E-state index contributed by atoms with van der Waals surface area (Å²) in [4.78, 5) is 4.52. The molecule has 0 aliphatic heterocycles. The van der Waals surface area contributed by atoms with Crippen molar-refractivity contribution in [3.8, 4) is 40.3 Å². The molecule has 7 aromatic heterocycles. The third-order valence-electron chi connectivity index (χ3n) is 15.8. The van der Waals surface area contributed by atoms with Gasteiger partial charge in [-0.15, -0.1) is 0 Å². The average Bonchev–Trinajstić information content (AvgIpc) is 4.34. The van der Waals surface area contributed by atoms with Crippen molar-refractivity contribution in [2.24, 2.45) is 0 Å². The normalized spacial score (nSPS) is 12.2. The van der Waals surface area contributed by atoms with Crippen LogP contribution in [0.2, 0.25) is 0 Å². The summed E-state index contributed by atoms with van der Waals surface area (Å²) in [7, 11) is 0. The van der Waals surface area contributed by atoms with Crippen LogP contribution in [-0.2, 0) is 0 Å². The van der Waals surface area contributed by atoms with E-state index in [9.17, 15) is 10.5 Å². The predicted octanol–water partition coefficient (Wildman–Crippen LogP) is 17.5. The van der Waals surface area contributed by atoms with Crippen LogP contribution in [0.5, 0.6) is 0 Å². The standard InChI is InChI=1S/C67H34N6O3/c68-35-47-58(37-31-33-70-34-32-37)64(73-51-21-9-3-18-46(51)61-54(73)30-27-43-40-15-6-12-24-57(40)76-67(43)61)63(72-50-20-8-2-17-45(50)60-53(72)29-26-42-39-14-5-11-23-56(39)75-66(42)60)48(36-69)62(47)71-49-19-7-1-16-44(49)59-52(71)28-25-41-38-13-4-10-22-55(38)74-65(41)59/h1-34H. The van der Waals surface area contributed by atoms with Crippen molar-refractivity contribution in [3.63, 3.8) is 0 Å². The minimum atomic E-state index is 0.291. The molecule has 0 radical (unpaired) electrons. The number of fused-ring (bicyclic) bond motifs is 21. The van der Waals surface area contributed by atoms with Gasteiger partial charge < -0.3 is 27.0 Å². The molecule has 0 bridgehead atoms. The van der Waals surface area contributed by atoms with E-state index in [1.54, 1.807) is 12.4 Å². The van der Waals surface area contributed by atoms with Crippen molar-refractivity contribution >= 4 is 131 Å². The van der Waals surface area contributed by atoms with Crippen LogP contribution in [0.4, 0.5) is 0 Å². The summed E-state index contributed by atoms with van der Waals surface area (Å²) in [6.07, 6.45) is 3.53. The van der Waals surface area contributed by atoms with E-state index in [0.717, 1.165) is 137 Å². The fourth-order valence-electron chi connectivity index (χ4n) is 12.8. The molecule has 17 aromatic rings. The number of nitrogens with zero attached hydrogens (tertiary/aromatic N) is 6. The van der Waals surface area contributed by atoms with Gasteiger partial charge in [0.05, 0.1) is 71.9 Å². The van der Waals surface area contributed by atoms with E-state index in [1.807, 2.05) is 91.0 Å². The smallest absolute Gasteiger partial charge is 0.145 e. The zero-order valence-electron chi connectivity index (χ0n) is 40.0. The third kappa shape index (κ3) is 5.12. The van der Waals surface area contributed by atoms with E-state index in [-0.39, 0.29) is 0 Å². The summed E-state index contributed by atoms with van der Waals surface area (Å²) < 4.78 is 27.1. The highest BCUT2D eigenvalue weighted by atomic mass is 16.3. The molecule has 350 valence electrons. The lowest BCUT2D eigenvalue weighted by Crippen LogP contribution is -2.14. The zero-order chi connectivity index (χ0) is 49.9. The van der Waals surface area contributed by atoms with E-state index in [0.29, 0.717) is 33.8 Å². The second-order valence-corrected chi connectivity index (χ2v) is 19.5. The minimum Gasteiger partial charge on any atom is -0.455 e. The molecule has 9 nitrogen and oxygen atoms in total. The molecule has 76 heavy (non-hydrogen) atoms. The Hall–Kier alpha value is -10.9. The molecular formula is C67H34N6O3. The van der Waals surface area contributed by atoms with Gasteiger partial charge in [0, 0.05) is 66.4 Å². The van der Waals surface area contributed by atoms with E-state index >= 15 is 0 Å². The number of furan rings is 3. The molecule has 0 unspecified atom stereocenters. The summed E-state index contributed by atoms with van der Waals surface area (Å²) in [5.41, 5.74) is 13.2. The lowest BCUT2D eigenvalue weighted by molar-refractivity contribution is 0.672. The van der Waals surface area contributed by atoms with Crippen molar-refractivity contribution in [1.29, 1.82) is 10.5 Å². The Bertz CT molecular complexity index is 5510. The molecule has 0 fully saturated rings. The number of aromatic nitrogens is 4. The highest BCUT2D eigenvalue weighted by Crippen LogP contribution is 2.51. The van der Waals surface area contributed by atoms with Gasteiger partial charge in [-0.3, -0.25) is 4.98 Å². The zero-order valence-corrected chi connectivity index (χ0v) is 40.0. The molecule has 0 aliphatic rings. The number of pyridine rings is 1. The van der Waals surface area contributed by atoms with Gasteiger partial charge in [-0.1, -0.05) is 109 Å². The van der Waals surface area contributed by atoms with Crippen LogP contribution in [0, 0.1) is 22.7 Å². The van der Waals surface area contributed by atoms with Crippen molar-refractivity contribution < 1.29 is 13.3 Å². The van der Waals surface area contributed by atoms with Crippen LogP contribution >= 0.6 is 0 Å². The molecule has 0 N–H and O–H groups in total. The summed E-state index contributed by atoms with van der Waals surface area (Å²) in [5.74, 6) is 0. The number of nitriles is 2. The van der Waals surface area contributed by atoms with Gasteiger partial charge in [0.2, 0.25) is 0 Å². The second kappa shape index (κ2) is 14.9. The number of hydrogen-bond acceptors (Lipinski definition) is 6. The lowest BCUT2D eigenvalue weighted by Gasteiger charge is -2.26. The van der Waals surface area contributed by atoms with Crippen LogP contribution in [0.15, 0.2) is 220 Å². The second-order valence-electron chi connectivity index (χ2n) is 19.5. The van der Waals surface area contributed by atoms with Gasteiger partial charge in [0.15, 0.2) is 0 Å². The van der Waals surface area contributed by atoms with E-state index < -0.39 is 0 Å². The highest BCUT2D eigenvalue weighted by molar-refractivity contribution is 6.27. The topological polar surface area (TPSA) is 115 Å². The molecule has 0 atom stereocenters. The molecule has 0 spiro atoms. The monoisotopic (exact) mass is 970 g/mol. The molecule has 0 saturated carbocycles. The van der Waals surface area contributed by atoms with Gasteiger partial charge in [-0.25, -0.2) is 0 Å². The first kappa shape index (κ1) is 40.7. The maximum Gasteiger partial charge on any atom is 0.145 e. The van der Waals surface area contributed by atoms with Crippen molar-refractivity contribution in [1.82, 2.24) is 18.7 Å². The molecule has 7 heterocycles. The van der Waals surface area contributed by atoms with Gasteiger partial charge in [-0.2, -0.15) is 10.5 Å². The Labute approximate surface area is 429 Å². The van der Waals surface area contributed by atoms with Gasteiger partial charge in [0.25, 0.3) is 0 Å². The van der Waals surface area contributed by atoms with Crippen molar-refractivity contribution in [2.45, 2.75) is 0 Å². The van der Waals surface area contributed by atoms with Gasteiger partial charge >= 0.3 is 0 Å². The molecule has 9 heteroatoms. The average molecular weight is 971 g/mol. The number of rotatable bonds is 4. The predicted molar refractivity (Wildman–Crippen MR) is 304 cm³/mol. The lowest BCUT2D eigenvalue weighted by atomic mass is 9.91. The third-order valence-corrected chi connectivity index (χ3v) is 15.8. The SMILES string of the molecule is N#Cc1c(-c2ccncc2)c(-n2c3ccccc3c3c4oc5ccccc5c4ccc32)c(-n2c3ccccc3c3c4oc5ccccc5c4ccc32)c(C#N)c1-n1c2ccccc2c2c3oc4ccccc4c3ccc21. The van der Waals surface area contributed by atoms with Gasteiger partial charge in [0.1, 0.15) is 51.2 Å². The van der Waals surface area contributed by atoms with Crippen LogP contribution in [0.3, 0.4) is 0 Å². The molecule has 0 saturated heterocycles. The minimum absolute atomic E-state index is 0.291. The number of para-hydroxylation sites is 6. The summed E-state index contributed by atoms with van der Waals surface area (Å²) in [6, 6.07) is 71.5. The van der Waals surface area contributed by atoms with Crippen molar-refractivity contribution in [2.75, 3.05) is 0 Å². The molecule has 0 amide bonds. The molecular weight excluding hydrogens is 937 g/mol. The fourth-order valence-corrected chi connectivity index (χ4v) is 12.8. The Morgan fingerprint density at radius 2 is 0.671 bits per heavy atom. The largest absolute Gasteiger partial charge is 0.455 e. The first-order valence-electron chi connectivity index (χ1n) is 25.1. The highest BCUT2D eigenvalue weighted by Gasteiger charge is 2.34. The van der Waals surface area contributed by atoms with E-state index in [1.165, 1.54) is 0 Å². The van der Waals surface area contributed by atoms with E-state index in [2.05, 4.69) is 134 Å². The molecule has 10 aromatic carbocycles.